The Morgan fingerprint density at radius 1 is 1.50 bits per heavy atom. The number of nitrogens with zero attached hydrogens (tertiary/aromatic N) is 2. The fourth-order valence-electron chi connectivity index (χ4n) is 1.81. The van der Waals surface area contributed by atoms with Crippen molar-refractivity contribution in [3.8, 4) is 0 Å². The Morgan fingerprint density at radius 2 is 2.33 bits per heavy atom. The summed E-state index contributed by atoms with van der Waals surface area (Å²) in [5.41, 5.74) is 1.20. The molecule has 0 aliphatic rings. The van der Waals surface area contributed by atoms with E-state index in [0.29, 0.717) is 6.54 Å². The minimum Gasteiger partial charge on any atom is -0.462 e. The van der Waals surface area contributed by atoms with Gasteiger partial charge in [0.05, 0.1) is 22.9 Å². The predicted octanol–water partition coefficient (Wildman–Crippen LogP) is 2.94. The molecule has 0 bridgehead atoms. The zero-order chi connectivity index (χ0) is 13.0. The SMILES string of the molecule is CCCNCc1oc(Cn2cc(I)cn2)cc1C. The highest BCUT2D eigenvalue weighted by molar-refractivity contribution is 14.1. The van der Waals surface area contributed by atoms with Gasteiger partial charge in [0.1, 0.15) is 11.5 Å². The molecule has 0 atom stereocenters. The molecule has 98 valence electrons. The first-order valence-electron chi connectivity index (χ1n) is 6.16. The van der Waals surface area contributed by atoms with Crippen LogP contribution in [-0.4, -0.2) is 16.3 Å². The minimum absolute atomic E-state index is 0.692. The molecule has 2 aromatic heterocycles. The molecule has 0 fully saturated rings. The molecule has 2 aromatic rings. The molecule has 1 N–H and O–H groups in total. The molecule has 0 radical (unpaired) electrons. The number of aromatic nitrogens is 2. The standard InChI is InChI=1S/C13H18IN3O/c1-3-4-15-7-13-10(2)5-12(18-13)9-17-8-11(14)6-16-17/h5-6,8,15H,3-4,7,9H2,1-2H3. The quantitative estimate of drug-likeness (QED) is 0.637. The van der Waals surface area contributed by atoms with Gasteiger partial charge in [-0.3, -0.25) is 4.68 Å². The van der Waals surface area contributed by atoms with E-state index in [1.807, 2.05) is 17.1 Å². The maximum Gasteiger partial charge on any atom is 0.126 e. The van der Waals surface area contributed by atoms with Crippen LogP contribution < -0.4 is 5.32 Å². The van der Waals surface area contributed by atoms with E-state index in [2.05, 4.69) is 52.9 Å². The second-order valence-corrected chi connectivity index (χ2v) is 5.60. The lowest BCUT2D eigenvalue weighted by molar-refractivity contribution is 0.429. The van der Waals surface area contributed by atoms with Gasteiger partial charge in [0.2, 0.25) is 0 Å². The summed E-state index contributed by atoms with van der Waals surface area (Å²) in [7, 11) is 0. The predicted molar refractivity (Wildman–Crippen MR) is 79.5 cm³/mol. The molecule has 18 heavy (non-hydrogen) atoms. The van der Waals surface area contributed by atoms with E-state index in [4.69, 9.17) is 4.42 Å². The van der Waals surface area contributed by atoms with Gasteiger partial charge in [-0.05, 0) is 54.1 Å². The summed E-state index contributed by atoms with van der Waals surface area (Å²) in [6.45, 7) is 6.76. The first-order chi connectivity index (χ1) is 8.69. The van der Waals surface area contributed by atoms with Crippen LogP contribution in [0, 0.1) is 10.5 Å². The zero-order valence-corrected chi connectivity index (χ0v) is 12.9. The van der Waals surface area contributed by atoms with Gasteiger partial charge in [-0.25, -0.2) is 0 Å². The normalized spacial score (nSPS) is 11.1. The van der Waals surface area contributed by atoms with Crippen molar-refractivity contribution >= 4 is 22.6 Å². The summed E-state index contributed by atoms with van der Waals surface area (Å²) < 4.78 is 8.88. The van der Waals surface area contributed by atoms with Crippen molar-refractivity contribution in [2.45, 2.75) is 33.4 Å². The lowest BCUT2D eigenvalue weighted by Crippen LogP contribution is -2.13. The molecule has 0 amide bonds. The molecule has 5 heteroatoms. The Hall–Kier alpha value is -0.820. The lowest BCUT2D eigenvalue weighted by Gasteiger charge is -2.01. The van der Waals surface area contributed by atoms with Gasteiger partial charge in [0.25, 0.3) is 0 Å². The number of nitrogens with one attached hydrogen (secondary N) is 1. The minimum atomic E-state index is 0.692. The number of hydrogen-bond acceptors (Lipinski definition) is 3. The van der Waals surface area contributed by atoms with E-state index in [1.165, 1.54) is 5.56 Å². The van der Waals surface area contributed by atoms with Crippen molar-refractivity contribution in [3.63, 3.8) is 0 Å². The fraction of sp³-hybridized carbons (Fsp3) is 0.462. The molecule has 2 rings (SSSR count). The van der Waals surface area contributed by atoms with Gasteiger partial charge in [-0.15, -0.1) is 0 Å². The monoisotopic (exact) mass is 359 g/mol. The molecule has 0 spiro atoms. The second kappa shape index (κ2) is 6.38. The van der Waals surface area contributed by atoms with Crippen molar-refractivity contribution in [3.05, 3.63) is 39.1 Å². The molecule has 0 saturated heterocycles. The van der Waals surface area contributed by atoms with E-state index in [-0.39, 0.29) is 0 Å². The summed E-state index contributed by atoms with van der Waals surface area (Å²) in [6.07, 6.45) is 4.99. The molecule has 4 nitrogen and oxygen atoms in total. The lowest BCUT2D eigenvalue weighted by atomic mass is 10.2. The van der Waals surface area contributed by atoms with Crippen molar-refractivity contribution < 1.29 is 4.42 Å². The van der Waals surface area contributed by atoms with Crippen molar-refractivity contribution in [1.82, 2.24) is 15.1 Å². The van der Waals surface area contributed by atoms with Crippen LogP contribution in [0.3, 0.4) is 0 Å². The van der Waals surface area contributed by atoms with Crippen LogP contribution in [0.4, 0.5) is 0 Å². The summed E-state index contributed by atoms with van der Waals surface area (Å²) in [4.78, 5) is 0. The Balaban J connectivity index is 1.99. The van der Waals surface area contributed by atoms with Crippen molar-refractivity contribution in [2.24, 2.45) is 0 Å². The number of furan rings is 1. The number of hydrogen-bond donors (Lipinski definition) is 1. The molecule has 0 saturated carbocycles. The molecule has 0 aliphatic carbocycles. The third kappa shape index (κ3) is 3.58. The summed E-state index contributed by atoms with van der Waals surface area (Å²) in [5.74, 6) is 1.99. The summed E-state index contributed by atoms with van der Waals surface area (Å²) in [6, 6.07) is 2.09. The maximum absolute atomic E-state index is 5.85. The molecule has 0 unspecified atom stereocenters. The number of halogens is 1. The van der Waals surface area contributed by atoms with Gasteiger partial charge < -0.3 is 9.73 Å². The highest BCUT2D eigenvalue weighted by Crippen LogP contribution is 2.16. The summed E-state index contributed by atoms with van der Waals surface area (Å²) >= 11 is 2.25. The van der Waals surface area contributed by atoms with E-state index < -0.39 is 0 Å². The Morgan fingerprint density at radius 3 is 3.00 bits per heavy atom. The van der Waals surface area contributed by atoms with E-state index in [9.17, 15) is 0 Å². The molecule has 2 heterocycles. The van der Waals surface area contributed by atoms with Crippen LogP contribution in [0.15, 0.2) is 22.9 Å². The first kappa shape index (κ1) is 13.6. The maximum atomic E-state index is 5.85. The van der Waals surface area contributed by atoms with Crippen molar-refractivity contribution in [2.75, 3.05) is 6.54 Å². The fourth-order valence-corrected chi connectivity index (χ4v) is 2.25. The van der Waals surface area contributed by atoms with Crippen LogP contribution in [0.5, 0.6) is 0 Å². The van der Waals surface area contributed by atoms with E-state index in [1.54, 1.807) is 0 Å². The molecular formula is C13H18IN3O. The van der Waals surface area contributed by atoms with Gasteiger partial charge in [-0.1, -0.05) is 6.92 Å². The Bertz CT molecular complexity index is 504. The van der Waals surface area contributed by atoms with E-state index in [0.717, 1.165) is 34.6 Å². The average molecular weight is 359 g/mol. The van der Waals surface area contributed by atoms with Crippen LogP contribution in [0.2, 0.25) is 0 Å². The Kier molecular flexibility index (Phi) is 4.82. The largest absolute Gasteiger partial charge is 0.462 e. The van der Waals surface area contributed by atoms with Gasteiger partial charge in [0.15, 0.2) is 0 Å². The van der Waals surface area contributed by atoms with Crippen molar-refractivity contribution in [1.29, 1.82) is 0 Å². The van der Waals surface area contributed by atoms with Crippen LogP contribution in [0.1, 0.15) is 30.4 Å². The van der Waals surface area contributed by atoms with Crippen LogP contribution >= 0.6 is 22.6 Å². The molecular weight excluding hydrogens is 341 g/mol. The highest BCUT2D eigenvalue weighted by Gasteiger charge is 2.08. The highest BCUT2D eigenvalue weighted by atomic mass is 127. The Labute approximate surface area is 121 Å². The van der Waals surface area contributed by atoms with Gasteiger partial charge >= 0.3 is 0 Å². The van der Waals surface area contributed by atoms with Crippen LogP contribution in [-0.2, 0) is 13.1 Å². The molecule has 0 aromatic carbocycles. The van der Waals surface area contributed by atoms with Crippen LogP contribution in [0.25, 0.3) is 0 Å². The third-order valence-corrected chi connectivity index (χ3v) is 3.26. The van der Waals surface area contributed by atoms with Gasteiger partial charge in [0, 0.05) is 6.20 Å². The molecule has 0 aliphatic heterocycles. The zero-order valence-electron chi connectivity index (χ0n) is 10.7. The average Bonchev–Trinajstić information content (AvgIpc) is 2.87. The first-order valence-corrected chi connectivity index (χ1v) is 7.23. The number of rotatable bonds is 6. The topological polar surface area (TPSA) is 43.0 Å². The van der Waals surface area contributed by atoms with E-state index >= 15 is 0 Å². The third-order valence-electron chi connectivity index (χ3n) is 2.70. The summed E-state index contributed by atoms with van der Waals surface area (Å²) in [5, 5.41) is 7.62. The second-order valence-electron chi connectivity index (χ2n) is 4.35. The van der Waals surface area contributed by atoms with Gasteiger partial charge in [-0.2, -0.15) is 5.10 Å². The number of aryl methyl sites for hydroxylation is 1. The smallest absolute Gasteiger partial charge is 0.126 e.